The highest BCUT2D eigenvalue weighted by Gasteiger charge is 1.97. The molecular formula is C7H11N3O. The predicted octanol–water partition coefficient (Wildman–Crippen LogP) is -0.202. The summed E-state index contributed by atoms with van der Waals surface area (Å²) in [5.74, 6) is 0.648. The van der Waals surface area contributed by atoms with Crippen molar-refractivity contribution >= 4 is 0 Å². The van der Waals surface area contributed by atoms with Gasteiger partial charge >= 0.3 is 0 Å². The van der Waals surface area contributed by atoms with E-state index in [9.17, 15) is 4.79 Å². The standard InChI is InChI=1S/C7H11N3O/c1-5-9-4-6(3-8-2)7(11)10-5/h4,8H,3H2,1-2H3,(H,9,10,11). The van der Waals surface area contributed by atoms with Crippen molar-refractivity contribution in [2.75, 3.05) is 7.05 Å². The maximum Gasteiger partial charge on any atom is 0.255 e. The number of aromatic amines is 1. The average molecular weight is 153 g/mol. The molecule has 0 atom stereocenters. The largest absolute Gasteiger partial charge is 0.315 e. The molecule has 60 valence electrons. The van der Waals surface area contributed by atoms with E-state index in [2.05, 4.69) is 15.3 Å². The van der Waals surface area contributed by atoms with E-state index in [0.717, 1.165) is 0 Å². The molecule has 4 heteroatoms. The van der Waals surface area contributed by atoms with Crippen LogP contribution in [-0.2, 0) is 6.54 Å². The van der Waals surface area contributed by atoms with Crippen LogP contribution in [0.15, 0.2) is 11.0 Å². The molecule has 1 heterocycles. The van der Waals surface area contributed by atoms with E-state index in [1.807, 2.05) is 0 Å². The van der Waals surface area contributed by atoms with Gasteiger partial charge in [-0.2, -0.15) is 0 Å². The Morgan fingerprint density at radius 2 is 2.45 bits per heavy atom. The molecule has 1 aromatic rings. The number of aryl methyl sites for hydroxylation is 1. The van der Waals surface area contributed by atoms with Crippen LogP contribution in [0.2, 0.25) is 0 Å². The van der Waals surface area contributed by atoms with Crippen molar-refractivity contribution in [3.63, 3.8) is 0 Å². The number of aromatic nitrogens is 2. The highest BCUT2D eigenvalue weighted by molar-refractivity contribution is 5.04. The van der Waals surface area contributed by atoms with Gasteiger partial charge in [-0.05, 0) is 14.0 Å². The minimum atomic E-state index is -0.0631. The zero-order chi connectivity index (χ0) is 8.27. The van der Waals surface area contributed by atoms with Gasteiger partial charge in [0.05, 0.1) is 0 Å². The Kier molecular flexibility index (Phi) is 2.38. The number of H-pyrrole nitrogens is 1. The summed E-state index contributed by atoms with van der Waals surface area (Å²) in [6.07, 6.45) is 1.59. The van der Waals surface area contributed by atoms with E-state index in [1.54, 1.807) is 20.2 Å². The molecule has 0 bridgehead atoms. The smallest absolute Gasteiger partial charge is 0.255 e. The fourth-order valence-corrected chi connectivity index (χ4v) is 0.827. The third-order valence-corrected chi connectivity index (χ3v) is 1.37. The molecular weight excluding hydrogens is 142 g/mol. The first-order valence-electron chi connectivity index (χ1n) is 3.43. The van der Waals surface area contributed by atoms with Crippen LogP contribution in [0.3, 0.4) is 0 Å². The summed E-state index contributed by atoms with van der Waals surface area (Å²) in [6, 6.07) is 0. The first-order chi connectivity index (χ1) is 5.24. The summed E-state index contributed by atoms with van der Waals surface area (Å²) in [4.78, 5) is 17.7. The number of hydrogen-bond donors (Lipinski definition) is 2. The van der Waals surface area contributed by atoms with Gasteiger partial charge in [0.2, 0.25) is 0 Å². The molecule has 0 saturated heterocycles. The van der Waals surface area contributed by atoms with Crippen LogP contribution in [0.5, 0.6) is 0 Å². The molecule has 0 radical (unpaired) electrons. The van der Waals surface area contributed by atoms with Gasteiger partial charge in [-0.25, -0.2) is 4.98 Å². The van der Waals surface area contributed by atoms with Crippen molar-refractivity contribution in [1.82, 2.24) is 15.3 Å². The first-order valence-corrected chi connectivity index (χ1v) is 3.43. The molecule has 1 rings (SSSR count). The van der Waals surface area contributed by atoms with Crippen molar-refractivity contribution in [1.29, 1.82) is 0 Å². The van der Waals surface area contributed by atoms with Gasteiger partial charge in [-0.15, -0.1) is 0 Å². The molecule has 0 spiro atoms. The minimum absolute atomic E-state index is 0.0631. The van der Waals surface area contributed by atoms with Gasteiger partial charge in [-0.1, -0.05) is 0 Å². The van der Waals surface area contributed by atoms with Crippen LogP contribution >= 0.6 is 0 Å². The zero-order valence-corrected chi connectivity index (χ0v) is 6.64. The van der Waals surface area contributed by atoms with Crippen LogP contribution in [0.4, 0.5) is 0 Å². The fraction of sp³-hybridized carbons (Fsp3) is 0.429. The Hall–Kier alpha value is -1.16. The number of rotatable bonds is 2. The Labute approximate surface area is 64.7 Å². The van der Waals surface area contributed by atoms with E-state index in [-0.39, 0.29) is 5.56 Å². The third kappa shape index (κ3) is 1.88. The average Bonchev–Trinajstić information content (AvgIpc) is 1.95. The Balaban J connectivity index is 3.00. The lowest BCUT2D eigenvalue weighted by molar-refractivity contribution is 0.791. The fourth-order valence-electron chi connectivity index (χ4n) is 0.827. The number of nitrogens with zero attached hydrogens (tertiary/aromatic N) is 1. The molecule has 0 aliphatic carbocycles. The summed E-state index contributed by atoms with van der Waals surface area (Å²) in [5, 5.41) is 2.88. The van der Waals surface area contributed by atoms with Crippen molar-refractivity contribution in [3.05, 3.63) is 27.9 Å². The molecule has 4 nitrogen and oxygen atoms in total. The molecule has 0 aliphatic heterocycles. The van der Waals surface area contributed by atoms with Crippen LogP contribution < -0.4 is 10.9 Å². The lowest BCUT2D eigenvalue weighted by Crippen LogP contribution is -2.19. The highest BCUT2D eigenvalue weighted by atomic mass is 16.1. The second-order valence-corrected chi connectivity index (χ2v) is 2.35. The molecule has 0 aliphatic rings. The van der Waals surface area contributed by atoms with Crippen molar-refractivity contribution in [3.8, 4) is 0 Å². The summed E-state index contributed by atoms with van der Waals surface area (Å²) in [7, 11) is 1.79. The molecule has 0 unspecified atom stereocenters. The van der Waals surface area contributed by atoms with Gasteiger partial charge in [0, 0.05) is 18.3 Å². The molecule has 2 N–H and O–H groups in total. The van der Waals surface area contributed by atoms with Gasteiger partial charge in [0.25, 0.3) is 5.56 Å². The number of hydrogen-bond acceptors (Lipinski definition) is 3. The maximum atomic E-state index is 11.1. The molecule has 0 aromatic carbocycles. The Bertz CT molecular complexity index is 292. The SMILES string of the molecule is CNCc1cnc(C)[nH]c1=O. The van der Waals surface area contributed by atoms with Gasteiger partial charge in [0.1, 0.15) is 5.82 Å². The van der Waals surface area contributed by atoms with Crippen LogP contribution in [0, 0.1) is 6.92 Å². The summed E-state index contributed by atoms with van der Waals surface area (Å²) in [5.41, 5.74) is 0.602. The third-order valence-electron chi connectivity index (χ3n) is 1.37. The monoisotopic (exact) mass is 153 g/mol. The van der Waals surface area contributed by atoms with Crippen LogP contribution in [0.25, 0.3) is 0 Å². The molecule has 0 saturated carbocycles. The van der Waals surface area contributed by atoms with Crippen molar-refractivity contribution in [2.24, 2.45) is 0 Å². The van der Waals surface area contributed by atoms with E-state index >= 15 is 0 Å². The lowest BCUT2D eigenvalue weighted by atomic mass is 10.3. The lowest BCUT2D eigenvalue weighted by Gasteiger charge is -1.97. The maximum absolute atomic E-state index is 11.1. The zero-order valence-electron chi connectivity index (χ0n) is 6.64. The van der Waals surface area contributed by atoms with Crippen molar-refractivity contribution < 1.29 is 0 Å². The predicted molar refractivity (Wildman–Crippen MR) is 42.4 cm³/mol. The summed E-state index contributed by atoms with van der Waals surface area (Å²) in [6.45, 7) is 2.31. The van der Waals surface area contributed by atoms with E-state index in [0.29, 0.717) is 17.9 Å². The topological polar surface area (TPSA) is 57.8 Å². The highest BCUT2D eigenvalue weighted by Crippen LogP contribution is 1.86. The van der Waals surface area contributed by atoms with Gasteiger partial charge in [0.15, 0.2) is 0 Å². The van der Waals surface area contributed by atoms with Gasteiger partial charge in [-0.3, -0.25) is 4.79 Å². The quantitative estimate of drug-likeness (QED) is 0.618. The minimum Gasteiger partial charge on any atom is -0.315 e. The van der Waals surface area contributed by atoms with E-state index in [1.165, 1.54) is 0 Å². The summed E-state index contributed by atoms with van der Waals surface area (Å²) >= 11 is 0. The van der Waals surface area contributed by atoms with Crippen molar-refractivity contribution in [2.45, 2.75) is 13.5 Å². The van der Waals surface area contributed by atoms with E-state index < -0.39 is 0 Å². The second kappa shape index (κ2) is 3.30. The Morgan fingerprint density at radius 1 is 1.73 bits per heavy atom. The molecule has 1 aromatic heterocycles. The summed E-state index contributed by atoms with van der Waals surface area (Å²) < 4.78 is 0. The second-order valence-electron chi connectivity index (χ2n) is 2.35. The first kappa shape index (κ1) is 7.94. The Morgan fingerprint density at radius 3 is 3.00 bits per heavy atom. The van der Waals surface area contributed by atoms with E-state index in [4.69, 9.17) is 0 Å². The molecule has 0 amide bonds. The number of nitrogens with one attached hydrogen (secondary N) is 2. The van der Waals surface area contributed by atoms with Gasteiger partial charge < -0.3 is 10.3 Å². The molecule has 11 heavy (non-hydrogen) atoms. The van der Waals surface area contributed by atoms with Crippen LogP contribution in [0.1, 0.15) is 11.4 Å². The molecule has 0 fully saturated rings. The van der Waals surface area contributed by atoms with Crippen LogP contribution in [-0.4, -0.2) is 17.0 Å². The normalized spacial score (nSPS) is 10.0.